The van der Waals surface area contributed by atoms with Crippen LogP contribution in [0.1, 0.15) is 35.4 Å². The molecule has 0 radical (unpaired) electrons. The number of nitrogens with one attached hydrogen (secondary N) is 2. The van der Waals surface area contributed by atoms with E-state index >= 15 is 0 Å². The van der Waals surface area contributed by atoms with E-state index in [0.29, 0.717) is 18.7 Å². The van der Waals surface area contributed by atoms with Gasteiger partial charge in [-0.25, -0.2) is 4.79 Å². The second kappa shape index (κ2) is 7.82. The maximum absolute atomic E-state index is 12.5. The summed E-state index contributed by atoms with van der Waals surface area (Å²) in [4.78, 5) is 28.0. The SMILES string of the molecule is Cc1ccc(NC(=O)N(C)CCc2c(C)n[nH]c2C)cc1N1CCCC1=O. The summed E-state index contributed by atoms with van der Waals surface area (Å²) in [5.41, 5.74) is 5.77. The first-order chi connectivity index (χ1) is 12.9. The molecule has 0 unspecified atom stereocenters. The molecule has 1 fully saturated rings. The van der Waals surface area contributed by atoms with Gasteiger partial charge in [0.15, 0.2) is 0 Å². The van der Waals surface area contributed by atoms with E-state index < -0.39 is 0 Å². The summed E-state index contributed by atoms with van der Waals surface area (Å²) in [6.07, 6.45) is 2.22. The lowest BCUT2D eigenvalue weighted by molar-refractivity contribution is -0.117. The molecule has 2 aromatic rings. The van der Waals surface area contributed by atoms with Crippen molar-refractivity contribution >= 4 is 23.3 Å². The maximum Gasteiger partial charge on any atom is 0.321 e. The minimum Gasteiger partial charge on any atom is -0.327 e. The van der Waals surface area contributed by atoms with Crippen molar-refractivity contribution in [2.45, 2.75) is 40.0 Å². The highest BCUT2D eigenvalue weighted by Gasteiger charge is 2.23. The first kappa shape index (κ1) is 18.9. The standard InChI is InChI=1S/C20H27N5O2/c1-13-7-8-16(12-18(13)25-10-5-6-19(25)26)21-20(27)24(4)11-9-17-14(2)22-23-15(17)3/h7-8,12H,5-6,9-11H2,1-4H3,(H,21,27)(H,22,23). The molecule has 27 heavy (non-hydrogen) atoms. The van der Waals surface area contributed by atoms with Crippen molar-refractivity contribution in [3.63, 3.8) is 0 Å². The molecular weight excluding hydrogens is 342 g/mol. The summed E-state index contributed by atoms with van der Waals surface area (Å²) in [5.74, 6) is 0.143. The fourth-order valence-corrected chi connectivity index (χ4v) is 3.42. The third kappa shape index (κ3) is 4.13. The van der Waals surface area contributed by atoms with Gasteiger partial charge < -0.3 is 15.1 Å². The van der Waals surface area contributed by atoms with Crippen LogP contribution in [0.4, 0.5) is 16.2 Å². The monoisotopic (exact) mass is 369 g/mol. The number of H-pyrrole nitrogens is 1. The van der Waals surface area contributed by atoms with Gasteiger partial charge in [-0.15, -0.1) is 0 Å². The van der Waals surface area contributed by atoms with Crippen LogP contribution in [-0.4, -0.2) is 47.2 Å². The first-order valence-electron chi connectivity index (χ1n) is 9.30. The Kier molecular flexibility index (Phi) is 5.48. The number of amides is 3. The van der Waals surface area contributed by atoms with E-state index in [4.69, 9.17) is 0 Å². The first-order valence-corrected chi connectivity index (χ1v) is 9.30. The second-order valence-electron chi connectivity index (χ2n) is 7.16. The third-order valence-electron chi connectivity index (χ3n) is 5.15. The molecule has 2 N–H and O–H groups in total. The molecule has 0 bridgehead atoms. The molecule has 1 aliphatic rings. The number of carbonyl (C=O) groups excluding carboxylic acids is 2. The Morgan fingerprint density at radius 3 is 2.74 bits per heavy atom. The highest BCUT2D eigenvalue weighted by Crippen LogP contribution is 2.28. The van der Waals surface area contributed by atoms with Crippen LogP contribution >= 0.6 is 0 Å². The minimum atomic E-state index is -0.170. The topological polar surface area (TPSA) is 81.3 Å². The summed E-state index contributed by atoms with van der Waals surface area (Å²) in [6.45, 7) is 7.26. The van der Waals surface area contributed by atoms with Gasteiger partial charge in [0.25, 0.3) is 0 Å². The Morgan fingerprint density at radius 2 is 2.11 bits per heavy atom. The smallest absolute Gasteiger partial charge is 0.321 e. The Labute approximate surface area is 159 Å². The third-order valence-corrected chi connectivity index (χ3v) is 5.15. The molecule has 2 heterocycles. The predicted molar refractivity (Wildman–Crippen MR) is 106 cm³/mol. The molecular formula is C20H27N5O2. The highest BCUT2D eigenvalue weighted by molar-refractivity contribution is 5.97. The molecule has 3 rings (SSSR count). The zero-order valence-corrected chi connectivity index (χ0v) is 16.4. The number of benzene rings is 1. The van der Waals surface area contributed by atoms with Crippen LogP contribution in [0.3, 0.4) is 0 Å². The van der Waals surface area contributed by atoms with E-state index in [1.807, 2.05) is 39.0 Å². The number of hydrogen-bond acceptors (Lipinski definition) is 3. The number of carbonyl (C=O) groups is 2. The maximum atomic E-state index is 12.5. The molecule has 1 aliphatic heterocycles. The average Bonchev–Trinajstić information content (AvgIpc) is 3.20. The zero-order chi connectivity index (χ0) is 19.6. The van der Waals surface area contributed by atoms with Gasteiger partial charge in [-0.05, 0) is 56.9 Å². The van der Waals surface area contributed by atoms with Crippen LogP contribution in [0.5, 0.6) is 0 Å². The number of aromatic nitrogens is 2. The summed E-state index contributed by atoms with van der Waals surface area (Å²) >= 11 is 0. The van der Waals surface area contributed by atoms with Gasteiger partial charge in [-0.1, -0.05) is 6.07 Å². The number of aryl methyl sites for hydroxylation is 3. The highest BCUT2D eigenvalue weighted by atomic mass is 16.2. The molecule has 3 amide bonds. The van der Waals surface area contributed by atoms with Gasteiger partial charge in [0.05, 0.1) is 5.69 Å². The van der Waals surface area contributed by atoms with Crippen molar-refractivity contribution in [1.29, 1.82) is 0 Å². The lowest BCUT2D eigenvalue weighted by Gasteiger charge is -2.21. The van der Waals surface area contributed by atoms with Crippen molar-refractivity contribution in [1.82, 2.24) is 15.1 Å². The average molecular weight is 369 g/mol. The van der Waals surface area contributed by atoms with Crippen molar-refractivity contribution in [2.24, 2.45) is 0 Å². The number of likely N-dealkylation sites (N-methyl/N-ethyl adjacent to an activating group) is 1. The van der Waals surface area contributed by atoms with Gasteiger partial charge in [-0.2, -0.15) is 5.10 Å². The minimum absolute atomic E-state index is 0.143. The van der Waals surface area contributed by atoms with Crippen LogP contribution in [0.2, 0.25) is 0 Å². The second-order valence-corrected chi connectivity index (χ2v) is 7.16. The Balaban J connectivity index is 1.64. The molecule has 0 spiro atoms. The van der Waals surface area contributed by atoms with Crippen LogP contribution in [0.15, 0.2) is 18.2 Å². The molecule has 1 aromatic heterocycles. The largest absolute Gasteiger partial charge is 0.327 e. The van der Waals surface area contributed by atoms with E-state index in [-0.39, 0.29) is 11.9 Å². The van der Waals surface area contributed by atoms with Gasteiger partial charge in [0.1, 0.15) is 0 Å². The number of urea groups is 1. The van der Waals surface area contributed by atoms with Crippen molar-refractivity contribution in [2.75, 3.05) is 30.4 Å². The van der Waals surface area contributed by atoms with E-state index in [2.05, 4.69) is 15.5 Å². The van der Waals surface area contributed by atoms with Crippen molar-refractivity contribution < 1.29 is 9.59 Å². The molecule has 7 nitrogen and oxygen atoms in total. The van der Waals surface area contributed by atoms with Crippen molar-refractivity contribution in [3.05, 3.63) is 40.7 Å². The van der Waals surface area contributed by atoms with Gasteiger partial charge in [0.2, 0.25) is 5.91 Å². The number of nitrogens with zero attached hydrogens (tertiary/aromatic N) is 3. The van der Waals surface area contributed by atoms with E-state index in [1.54, 1.807) is 16.8 Å². The van der Waals surface area contributed by atoms with Gasteiger partial charge in [0, 0.05) is 43.6 Å². The van der Waals surface area contributed by atoms with Crippen LogP contribution in [0.25, 0.3) is 0 Å². The molecule has 1 aromatic carbocycles. The number of anilines is 2. The Bertz CT molecular complexity index is 839. The van der Waals surface area contributed by atoms with E-state index in [1.165, 1.54) is 0 Å². The fraction of sp³-hybridized carbons (Fsp3) is 0.450. The lowest BCUT2D eigenvalue weighted by Crippen LogP contribution is -2.33. The van der Waals surface area contributed by atoms with Gasteiger partial charge in [-0.3, -0.25) is 9.89 Å². The summed E-state index contributed by atoms with van der Waals surface area (Å²) in [5, 5.41) is 10.1. The predicted octanol–water partition coefficient (Wildman–Crippen LogP) is 3.17. The molecule has 144 valence electrons. The quantitative estimate of drug-likeness (QED) is 0.849. The van der Waals surface area contributed by atoms with Crippen LogP contribution < -0.4 is 10.2 Å². The summed E-state index contributed by atoms with van der Waals surface area (Å²) in [6, 6.07) is 5.52. The number of rotatable bonds is 5. The van der Waals surface area contributed by atoms with E-state index in [9.17, 15) is 9.59 Å². The lowest BCUT2D eigenvalue weighted by atomic mass is 10.1. The molecule has 7 heteroatoms. The zero-order valence-electron chi connectivity index (χ0n) is 16.4. The molecule has 1 saturated heterocycles. The van der Waals surface area contributed by atoms with E-state index in [0.717, 1.165) is 47.6 Å². The Morgan fingerprint density at radius 1 is 1.33 bits per heavy atom. The number of aromatic amines is 1. The summed E-state index contributed by atoms with van der Waals surface area (Å²) < 4.78 is 0. The van der Waals surface area contributed by atoms with Crippen molar-refractivity contribution in [3.8, 4) is 0 Å². The molecule has 0 saturated carbocycles. The fourth-order valence-electron chi connectivity index (χ4n) is 3.42. The Hall–Kier alpha value is -2.83. The van der Waals surface area contributed by atoms with Crippen LogP contribution in [0, 0.1) is 20.8 Å². The summed E-state index contributed by atoms with van der Waals surface area (Å²) in [7, 11) is 1.78. The van der Waals surface area contributed by atoms with Gasteiger partial charge >= 0.3 is 6.03 Å². The molecule has 0 atom stereocenters. The normalized spacial score (nSPS) is 13.9. The van der Waals surface area contributed by atoms with Crippen LogP contribution in [-0.2, 0) is 11.2 Å². The number of hydrogen-bond donors (Lipinski definition) is 2. The molecule has 0 aliphatic carbocycles.